The van der Waals surface area contributed by atoms with Gasteiger partial charge < -0.3 is 0 Å². The summed E-state index contributed by atoms with van der Waals surface area (Å²) >= 11 is 1.55. The highest BCUT2D eigenvalue weighted by Crippen LogP contribution is 2.18. The van der Waals surface area contributed by atoms with Crippen LogP contribution in [0.5, 0.6) is 0 Å². The van der Waals surface area contributed by atoms with E-state index in [1.807, 2.05) is 25.1 Å². The molecule has 2 aromatic rings. The van der Waals surface area contributed by atoms with E-state index in [2.05, 4.69) is 6.07 Å². The molecule has 0 aliphatic rings. The third kappa shape index (κ3) is 4.16. The minimum atomic E-state index is -0.471. The van der Waals surface area contributed by atoms with Crippen LogP contribution in [0.15, 0.2) is 48.5 Å². The van der Waals surface area contributed by atoms with Crippen molar-refractivity contribution in [2.24, 2.45) is 0 Å². The second-order valence-corrected chi connectivity index (χ2v) is 5.63. The summed E-state index contributed by atoms with van der Waals surface area (Å²) in [4.78, 5) is 22.1. The molecule has 21 heavy (non-hydrogen) atoms. The zero-order chi connectivity index (χ0) is 15.2. The van der Waals surface area contributed by atoms with E-state index >= 15 is 0 Å². The first-order chi connectivity index (χ1) is 10.1. The number of thioether (sulfide) groups is 1. The third-order valence-corrected chi connectivity index (χ3v) is 4.13. The number of non-ortho nitro benzene ring substituents is 1. The fourth-order valence-corrected chi connectivity index (χ4v) is 2.88. The third-order valence-electron chi connectivity index (χ3n) is 3.15. The molecule has 0 aliphatic heterocycles. The van der Waals surface area contributed by atoms with Crippen molar-refractivity contribution in [1.29, 1.82) is 0 Å². The number of ketones is 1. The molecule has 0 saturated heterocycles. The van der Waals surface area contributed by atoms with Crippen LogP contribution >= 0.6 is 11.8 Å². The van der Waals surface area contributed by atoms with Gasteiger partial charge in [-0.25, -0.2) is 0 Å². The van der Waals surface area contributed by atoms with Crippen molar-refractivity contribution < 1.29 is 9.72 Å². The van der Waals surface area contributed by atoms with Crippen molar-refractivity contribution in [2.75, 3.05) is 5.75 Å². The molecule has 0 spiro atoms. The van der Waals surface area contributed by atoms with Gasteiger partial charge in [-0.2, -0.15) is 0 Å². The number of nitrogens with zero attached hydrogens (tertiary/aromatic N) is 1. The van der Waals surface area contributed by atoms with Crippen molar-refractivity contribution in [3.05, 3.63) is 75.3 Å². The van der Waals surface area contributed by atoms with Gasteiger partial charge in [0.2, 0.25) is 0 Å². The fraction of sp³-hybridized carbons (Fsp3) is 0.188. The first-order valence-corrected chi connectivity index (χ1v) is 7.63. The maximum atomic E-state index is 12.0. The van der Waals surface area contributed by atoms with E-state index in [9.17, 15) is 14.9 Å². The highest BCUT2D eigenvalue weighted by atomic mass is 32.2. The molecule has 0 unspecified atom stereocenters. The van der Waals surface area contributed by atoms with E-state index in [1.54, 1.807) is 11.8 Å². The lowest BCUT2D eigenvalue weighted by atomic mass is 10.1. The lowest BCUT2D eigenvalue weighted by molar-refractivity contribution is -0.384. The van der Waals surface area contributed by atoms with Crippen LogP contribution in [0.3, 0.4) is 0 Å². The van der Waals surface area contributed by atoms with Crippen LogP contribution < -0.4 is 0 Å². The molecular formula is C16H15NO3S. The zero-order valence-electron chi connectivity index (χ0n) is 11.6. The average Bonchev–Trinajstić information content (AvgIpc) is 2.49. The summed E-state index contributed by atoms with van der Waals surface area (Å²) in [7, 11) is 0. The molecular weight excluding hydrogens is 286 g/mol. The van der Waals surface area contributed by atoms with Crippen LogP contribution in [0.4, 0.5) is 5.69 Å². The topological polar surface area (TPSA) is 60.2 Å². The molecule has 5 heteroatoms. The van der Waals surface area contributed by atoms with Gasteiger partial charge in [-0.15, -0.1) is 11.8 Å². The Bertz CT molecular complexity index is 653. The Balaban J connectivity index is 1.90. The molecule has 0 aromatic heterocycles. The standard InChI is InChI=1S/C16H15NO3S/c1-12-4-2-3-5-14(12)10-21-11-16(18)13-6-8-15(9-7-13)17(19)20/h2-9H,10-11H2,1H3. The van der Waals surface area contributed by atoms with Crippen molar-refractivity contribution in [3.8, 4) is 0 Å². The van der Waals surface area contributed by atoms with Crippen molar-refractivity contribution in [2.45, 2.75) is 12.7 Å². The largest absolute Gasteiger partial charge is 0.293 e. The average molecular weight is 301 g/mol. The molecule has 2 rings (SSSR count). The Morgan fingerprint density at radius 3 is 2.43 bits per heavy atom. The minimum absolute atomic E-state index is 0.000821. The van der Waals surface area contributed by atoms with Crippen molar-refractivity contribution >= 4 is 23.2 Å². The number of nitro groups is 1. The second-order valence-electron chi connectivity index (χ2n) is 4.65. The van der Waals surface area contributed by atoms with Crippen LogP contribution in [0, 0.1) is 17.0 Å². The zero-order valence-corrected chi connectivity index (χ0v) is 12.4. The molecule has 0 amide bonds. The Kier molecular flexibility index (Phi) is 5.11. The summed E-state index contributed by atoms with van der Waals surface area (Å²) in [6.45, 7) is 2.05. The maximum Gasteiger partial charge on any atom is 0.269 e. The van der Waals surface area contributed by atoms with Gasteiger partial charge in [0.05, 0.1) is 10.7 Å². The van der Waals surface area contributed by atoms with Crippen LogP contribution in [-0.2, 0) is 5.75 Å². The van der Waals surface area contributed by atoms with Gasteiger partial charge in [-0.1, -0.05) is 24.3 Å². The number of nitro benzene ring substituents is 1. The van der Waals surface area contributed by atoms with E-state index in [4.69, 9.17) is 0 Å². The molecule has 0 aliphatic carbocycles. The number of carbonyl (C=O) groups is 1. The summed E-state index contributed by atoms with van der Waals surface area (Å²) in [5.41, 5.74) is 2.95. The summed E-state index contributed by atoms with van der Waals surface area (Å²) in [6, 6.07) is 13.8. The van der Waals surface area contributed by atoms with E-state index < -0.39 is 4.92 Å². The van der Waals surface area contributed by atoms with E-state index in [0.717, 1.165) is 5.75 Å². The van der Waals surface area contributed by atoms with E-state index in [-0.39, 0.29) is 11.5 Å². The number of Topliss-reactive ketones (excluding diaryl/α,β-unsaturated/α-hetero) is 1. The SMILES string of the molecule is Cc1ccccc1CSCC(=O)c1ccc([N+](=O)[O-])cc1. The molecule has 0 atom stereocenters. The number of hydrogen-bond acceptors (Lipinski definition) is 4. The molecule has 108 valence electrons. The Hall–Kier alpha value is -2.14. The smallest absolute Gasteiger partial charge is 0.269 e. The van der Waals surface area contributed by atoms with Gasteiger partial charge in [0, 0.05) is 23.4 Å². The predicted molar refractivity (Wildman–Crippen MR) is 84.8 cm³/mol. The number of carbonyl (C=O) groups excluding carboxylic acids is 1. The highest BCUT2D eigenvalue weighted by molar-refractivity contribution is 7.99. The molecule has 0 fully saturated rings. The maximum absolute atomic E-state index is 12.0. The van der Waals surface area contributed by atoms with Crippen molar-refractivity contribution in [1.82, 2.24) is 0 Å². The quantitative estimate of drug-likeness (QED) is 0.459. The lowest BCUT2D eigenvalue weighted by Crippen LogP contribution is -2.03. The monoisotopic (exact) mass is 301 g/mol. The first kappa shape index (κ1) is 15.3. The molecule has 4 nitrogen and oxygen atoms in total. The normalized spacial score (nSPS) is 10.3. The number of hydrogen-bond donors (Lipinski definition) is 0. The summed E-state index contributed by atoms with van der Waals surface area (Å²) in [6.07, 6.45) is 0. The Morgan fingerprint density at radius 1 is 1.14 bits per heavy atom. The van der Waals surface area contributed by atoms with Gasteiger partial charge in [0.1, 0.15) is 0 Å². The first-order valence-electron chi connectivity index (χ1n) is 6.48. The van der Waals surface area contributed by atoms with E-state index in [0.29, 0.717) is 11.3 Å². The minimum Gasteiger partial charge on any atom is -0.293 e. The predicted octanol–water partition coefficient (Wildman–Crippen LogP) is 4.02. The molecule has 0 heterocycles. The molecule has 0 bridgehead atoms. The van der Waals surface area contributed by atoms with Crippen LogP contribution in [0.25, 0.3) is 0 Å². The summed E-state index contributed by atoms with van der Waals surface area (Å²) < 4.78 is 0. The van der Waals surface area contributed by atoms with Gasteiger partial charge in [0.15, 0.2) is 5.78 Å². The molecule has 2 aromatic carbocycles. The number of aryl methyl sites for hydroxylation is 1. The van der Waals surface area contributed by atoms with E-state index in [1.165, 1.54) is 35.4 Å². The highest BCUT2D eigenvalue weighted by Gasteiger charge is 2.09. The summed E-state index contributed by atoms with van der Waals surface area (Å²) in [5, 5.41) is 10.6. The summed E-state index contributed by atoms with van der Waals surface area (Å²) in [5.74, 6) is 1.14. The van der Waals surface area contributed by atoms with Gasteiger partial charge in [-0.3, -0.25) is 14.9 Å². The fourth-order valence-electron chi connectivity index (χ4n) is 1.88. The van der Waals surface area contributed by atoms with Crippen molar-refractivity contribution in [3.63, 3.8) is 0 Å². The number of benzene rings is 2. The second kappa shape index (κ2) is 7.04. The number of rotatable bonds is 6. The van der Waals surface area contributed by atoms with Gasteiger partial charge in [-0.05, 0) is 30.2 Å². The lowest BCUT2D eigenvalue weighted by Gasteiger charge is -2.05. The van der Waals surface area contributed by atoms with Crippen LogP contribution in [0.2, 0.25) is 0 Å². The Labute approximate surface area is 127 Å². The van der Waals surface area contributed by atoms with Crippen LogP contribution in [0.1, 0.15) is 21.5 Å². The molecule has 0 saturated carbocycles. The van der Waals surface area contributed by atoms with Gasteiger partial charge in [0.25, 0.3) is 5.69 Å². The van der Waals surface area contributed by atoms with Crippen LogP contribution in [-0.4, -0.2) is 16.5 Å². The molecule has 0 radical (unpaired) electrons. The molecule has 0 N–H and O–H groups in total. The van der Waals surface area contributed by atoms with Gasteiger partial charge >= 0.3 is 0 Å². The Morgan fingerprint density at radius 2 is 1.81 bits per heavy atom.